The number of carbonyl (C=O) groups is 2. The molecule has 0 saturated carbocycles. The topological polar surface area (TPSA) is 85.2 Å². The molecular weight excluding hydrogens is 376 g/mol. The Bertz CT molecular complexity index is 717. The van der Waals surface area contributed by atoms with Gasteiger partial charge in [0.25, 0.3) is 5.91 Å². The fourth-order valence-electron chi connectivity index (χ4n) is 3.12. The van der Waals surface area contributed by atoms with Crippen molar-refractivity contribution in [2.24, 2.45) is 0 Å². The Balaban J connectivity index is 1.77. The zero-order valence-corrected chi connectivity index (χ0v) is 16.0. The van der Waals surface area contributed by atoms with Gasteiger partial charge in [-0.1, -0.05) is 36.5 Å². The van der Waals surface area contributed by atoms with Gasteiger partial charge in [-0.15, -0.1) is 11.8 Å². The summed E-state index contributed by atoms with van der Waals surface area (Å²) in [6.45, 7) is 1.75. The first-order valence-electron chi connectivity index (χ1n) is 8.00. The van der Waals surface area contributed by atoms with Crippen LogP contribution < -0.4 is 10.6 Å². The van der Waals surface area contributed by atoms with Gasteiger partial charge in [0, 0.05) is 25.1 Å². The number of nitriles is 1. The normalized spacial score (nSPS) is 27.0. The van der Waals surface area contributed by atoms with Gasteiger partial charge in [0.1, 0.15) is 17.1 Å². The number of thioether (sulfide) groups is 1. The molecule has 6 nitrogen and oxygen atoms in total. The first kappa shape index (κ1) is 18.5. The molecule has 3 aliphatic heterocycles. The highest BCUT2D eigenvalue weighted by molar-refractivity contribution is 8.00. The summed E-state index contributed by atoms with van der Waals surface area (Å²) in [6, 6.07) is 1.59. The molecule has 0 aliphatic carbocycles. The van der Waals surface area contributed by atoms with Crippen LogP contribution >= 0.6 is 36.6 Å². The third-order valence-corrected chi connectivity index (χ3v) is 6.17. The predicted octanol–water partition coefficient (Wildman–Crippen LogP) is 1.12. The van der Waals surface area contributed by atoms with E-state index in [-0.39, 0.29) is 16.4 Å². The largest absolute Gasteiger partial charge is 0.366 e. The smallest absolute Gasteiger partial charge is 0.253 e. The van der Waals surface area contributed by atoms with Crippen LogP contribution in [0.5, 0.6) is 0 Å². The number of thiocarbonyl (C=S) groups is 1. The summed E-state index contributed by atoms with van der Waals surface area (Å²) in [5, 5.41) is 14.4. The molecular formula is C16H18N4O2S3. The van der Waals surface area contributed by atoms with E-state index in [9.17, 15) is 9.59 Å². The van der Waals surface area contributed by atoms with Crippen molar-refractivity contribution in [3.05, 3.63) is 22.9 Å². The van der Waals surface area contributed by atoms with Crippen LogP contribution in [0, 0.1) is 11.3 Å². The van der Waals surface area contributed by atoms with Crippen molar-refractivity contribution in [2.45, 2.75) is 30.7 Å². The maximum atomic E-state index is 12.6. The summed E-state index contributed by atoms with van der Waals surface area (Å²) in [4.78, 5) is 26.7. The van der Waals surface area contributed by atoms with Gasteiger partial charge in [-0.25, -0.2) is 0 Å². The maximum absolute atomic E-state index is 12.6. The van der Waals surface area contributed by atoms with Gasteiger partial charge in [0.2, 0.25) is 5.12 Å². The molecule has 2 N–H and O–H groups in total. The molecule has 2 saturated heterocycles. The van der Waals surface area contributed by atoms with Crippen molar-refractivity contribution in [2.75, 3.05) is 18.8 Å². The van der Waals surface area contributed by atoms with E-state index in [4.69, 9.17) is 17.5 Å². The Morgan fingerprint density at radius 1 is 1.60 bits per heavy atom. The highest BCUT2D eigenvalue weighted by Crippen LogP contribution is 2.41. The predicted molar refractivity (Wildman–Crippen MR) is 104 cm³/mol. The number of β-lactam (4-membered cyclic amide) rings is 1. The monoisotopic (exact) mass is 394 g/mol. The minimum atomic E-state index is -0.443. The van der Waals surface area contributed by atoms with E-state index in [1.54, 1.807) is 11.8 Å². The van der Waals surface area contributed by atoms with Crippen LogP contribution in [0.4, 0.5) is 0 Å². The summed E-state index contributed by atoms with van der Waals surface area (Å²) in [6.07, 6.45) is 3.74. The van der Waals surface area contributed by atoms with Gasteiger partial charge in [0.15, 0.2) is 0 Å². The zero-order valence-electron chi connectivity index (χ0n) is 13.4. The first-order valence-corrected chi connectivity index (χ1v) is 9.91. The number of amides is 1. The summed E-state index contributed by atoms with van der Waals surface area (Å²) in [5.74, 6) is 0.484. The zero-order chi connectivity index (χ0) is 18.0. The van der Waals surface area contributed by atoms with Crippen LogP contribution in [0.3, 0.4) is 0 Å². The van der Waals surface area contributed by atoms with Crippen LogP contribution in [-0.2, 0) is 9.59 Å². The van der Waals surface area contributed by atoms with Crippen LogP contribution in [0.25, 0.3) is 0 Å². The Morgan fingerprint density at radius 2 is 2.40 bits per heavy atom. The molecule has 132 valence electrons. The number of rotatable bonds is 5. The second-order valence-electron chi connectivity index (χ2n) is 6.02. The molecule has 3 aliphatic rings. The van der Waals surface area contributed by atoms with Crippen LogP contribution in [0.2, 0.25) is 0 Å². The summed E-state index contributed by atoms with van der Waals surface area (Å²) >= 11 is 10.8. The van der Waals surface area contributed by atoms with Crippen molar-refractivity contribution >= 4 is 52.6 Å². The molecule has 0 spiro atoms. The summed E-state index contributed by atoms with van der Waals surface area (Å²) in [7, 11) is 0. The summed E-state index contributed by atoms with van der Waals surface area (Å²) in [5.41, 5.74) is 2.48. The number of hydrogen-bond acceptors (Lipinski definition) is 6. The highest BCUT2D eigenvalue weighted by Gasteiger charge is 2.53. The number of thiol groups is 1. The van der Waals surface area contributed by atoms with Crippen LogP contribution in [0.1, 0.15) is 19.3 Å². The Morgan fingerprint density at radius 3 is 3.04 bits per heavy atom. The van der Waals surface area contributed by atoms with Gasteiger partial charge in [-0.3, -0.25) is 14.5 Å². The molecule has 9 heteroatoms. The average molecular weight is 395 g/mol. The standard InChI is InChI=1S/C16H18N4O2S3/c17-4-1-2-11(23)19-12-14(21)20-13(16(22)24)10(8-25-15(12)20)6-9-3-5-18-7-9/h6,12,15,18H,1-3,5,7-8H2,(H,19,23)(H,22,24)/t12?,15-/m1/s1. The second kappa shape index (κ2) is 7.91. The number of carbonyl (C=O) groups excluding carboxylic acids is 2. The average Bonchev–Trinajstić information content (AvgIpc) is 3.10. The Labute approximate surface area is 161 Å². The molecule has 25 heavy (non-hydrogen) atoms. The number of fused-ring (bicyclic) bond motifs is 1. The van der Waals surface area contributed by atoms with Crippen LogP contribution in [0.15, 0.2) is 22.9 Å². The summed E-state index contributed by atoms with van der Waals surface area (Å²) < 4.78 is 0. The van der Waals surface area contributed by atoms with E-state index in [0.29, 0.717) is 29.3 Å². The number of allylic oxidation sites excluding steroid dienone is 1. The van der Waals surface area contributed by atoms with Gasteiger partial charge in [-0.05, 0) is 18.5 Å². The van der Waals surface area contributed by atoms with Crippen LogP contribution in [-0.4, -0.2) is 51.2 Å². The van der Waals surface area contributed by atoms with E-state index in [0.717, 1.165) is 25.1 Å². The lowest BCUT2D eigenvalue weighted by atomic mass is 10.0. The molecule has 0 bridgehead atoms. The molecule has 0 radical (unpaired) electrons. The van der Waals surface area contributed by atoms with Crippen molar-refractivity contribution in [1.29, 1.82) is 5.26 Å². The quantitative estimate of drug-likeness (QED) is 0.366. The van der Waals surface area contributed by atoms with E-state index in [1.807, 2.05) is 12.1 Å². The van der Waals surface area contributed by atoms with E-state index < -0.39 is 6.04 Å². The molecule has 3 heterocycles. The fourth-order valence-corrected chi connectivity index (χ4v) is 4.91. The van der Waals surface area contributed by atoms with Gasteiger partial charge in [-0.2, -0.15) is 5.26 Å². The van der Waals surface area contributed by atoms with E-state index in [2.05, 4.69) is 23.3 Å². The van der Waals surface area contributed by atoms with E-state index in [1.165, 1.54) is 10.5 Å². The molecule has 0 aromatic heterocycles. The number of hydrogen-bond donors (Lipinski definition) is 3. The van der Waals surface area contributed by atoms with Crippen molar-refractivity contribution in [1.82, 2.24) is 15.5 Å². The van der Waals surface area contributed by atoms with Crippen molar-refractivity contribution < 1.29 is 9.59 Å². The SMILES string of the molecule is N#CCCC(=S)NC1C(=O)N2C(C(=O)S)=C(C=C3CCNC3)CS[C@H]12. The van der Waals surface area contributed by atoms with Gasteiger partial charge >= 0.3 is 0 Å². The molecule has 0 aromatic rings. The third kappa shape index (κ3) is 3.77. The van der Waals surface area contributed by atoms with Gasteiger partial charge in [0.05, 0.1) is 11.1 Å². The minimum absolute atomic E-state index is 0.164. The number of nitrogens with one attached hydrogen (secondary N) is 2. The molecule has 2 fully saturated rings. The molecule has 3 rings (SSSR count). The van der Waals surface area contributed by atoms with E-state index >= 15 is 0 Å². The molecule has 1 unspecified atom stereocenters. The third-order valence-electron chi connectivity index (χ3n) is 4.33. The first-order chi connectivity index (χ1) is 12.0. The number of nitrogens with zero attached hydrogens (tertiary/aromatic N) is 2. The van der Waals surface area contributed by atoms with Gasteiger partial charge < -0.3 is 10.6 Å². The molecule has 1 amide bonds. The lowest BCUT2D eigenvalue weighted by Gasteiger charge is -2.50. The lowest BCUT2D eigenvalue weighted by Crippen LogP contribution is -2.70. The maximum Gasteiger partial charge on any atom is 0.253 e. The Hall–Kier alpha value is -1.34. The fraction of sp³-hybridized carbons (Fsp3) is 0.500. The minimum Gasteiger partial charge on any atom is -0.366 e. The van der Waals surface area contributed by atoms with Crippen molar-refractivity contribution in [3.63, 3.8) is 0 Å². The van der Waals surface area contributed by atoms with Crippen molar-refractivity contribution in [3.8, 4) is 6.07 Å². The Kier molecular flexibility index (Phi) is 5.84. The molecule has 0 aromatic carbocycles. The second-order valence-corrected chi connectivity index (χ2v) is 8.03. The molecule has 2 atom stereocenters. The highest BCUT2D eigenvalue weighted by atomic mass is 32.2. The lowest BCUT2D eigenvalue weighted by molar-refractivity contribution is -0.143.